The van der Waals surface area contributed by atoms with Crippen molar-refractivity contribution in [2.45, 2.75) is 30.4 Å². The molecule has 3 heterocycles. The maximum atomic E-state index is 13.0. The lowest BCUT2D eigenvalue weighted by molar-refractivity contribution is 0.145. The molecule has 1 aliphatic rings. The first-order valence-corrected chi connectivity index (χ1v) is 13.6. The first-order chi connectivity index (χ1) is 18.4. The Hall–Kier alpha value is -4.22. The van der Waals surface area contributed by atoms with Crippen molar-refractivity contribution in [1.29, 1.82) is 0 Å². The minimum Gasteiger partial charge on any atom is -0.486 e. The zero-order valence-corrected chi connectivity index (χ0v) is 21.3. The number of nitrogens with one attached hydrogen (secondary N) is 2. The van der Waals surface area contributed by atoms with Gasteiger partial charge in [0.2, 0.25) is 5.56 Å². The van der Waals surface area contributed by atoms with Crippen molar-refractivity contribution >= 4 is 21.4 Å². The van der Waals surface area contributed by atoms with E-state index in [9.17, 15) is 18.3 Å². The maximum Gasteiger partial charge on any atom is 0.261 e. The van der Waals surface area contributed by atoms with Crippen LogP contribution in [0, 0.1) is 0 Å². The van der Waals surface area contributed by atoms with Crippen molar-refractivity contribution in [3.05, 3.63) is 95.2 Å². The number of aliphatic hydroxyl groups excluding tert-OH is 1. The molecule has 38 heavy (non-hydrogen) atoms. The number of aromatic amines is 1. The quantitative estimate of drug-likeness (QED) is 0.314. The Balaban J connectivity index is 1.24. The van der Waals surface area contributed by atoms with Gasteiger partial charge in [-0.2, -0.15) is 0 Å². The van der Waals surface area contributed by atoms with Crippen molar-refractivity contribution in [3.63, 3.8) is 0 Å². The number of aliphatic hydroxyl groups is 1. The maximum absolute atomic E-state index is 13.0. The second kappa shape index (κ2) is 11.0. The van der Waals surface area contributed by atoms with E-state index in [0.29, 0.717) is 35.7 Å². The molecule has 2 aromatic carbocycles. The van der Waals surface area contributed by atoms with Gasteiger partial charge < -0.3 is 19.7 Å². The standard InChI is InChI=1S/C27H27N5O5S/c33-23-9-12-32(13-10-23)22-4-6-25(7-5-22)38(35,36)31-21-3-1-2-20(15-21)27-29-16-24(17-30-27)37-18-19-8-11-28-26(34)14-19/h1-8,11,14-17,23,31,33H,9-10,12-13,18H2,(H,28,34). The minimum atomic E-state index is -3.81. The van der Waals surface area contributed by atoms with Crippen molar-refractivity contribution in [1.82, 2.24) is 15.0 Å². The Morgan fingerprint density at radius 1 is 1.03 bits per heavy atom. The number of anilines is 2. The third-order valence-electron chi connectivity index (χ3n) is 6.22. The summed E-state index contributed by atoms with van der Waals surface area (Å²) in [6.45, 7) is 1.68. The van der Waals surface area contributed by atoms with E-state index in [4.69, 9.17) is 4.74 Å². The van der Waals surface area contributed by atoms with Crippen LogP contribution in [0.2, 0.25) is 0 Å². The second-order valence-electron chi connectivity index (χ2n) is 8.99. The van der Waals surface area contributed by atoms with Gasteiger partial charge in [0.1, 0.15) is 6.61 Å². The van der Waals surface area contributed by atoms with Crippen LogP contribution >= 0.6 is 0 Å². The summed E-state index contributed by atoms with van der Waals surface area (Å²) in [6.07, 6.45) is 5.74. The number of piperidine rings is 1. The summed E-state index contributed by atoms with van der Waals surface area (Å²) in [5.41, 5.74) is 2.46. The van der Waals surface area contributed by atoms with E-state index in [0.717, 1.165) is 24.3 Å². The summed E-state index contributed by atoms with van der Waals surface area (Å²) in [4.78, 5) is 24.9. The minimum absolute atomic E-state index is 0.154. The highest BCUT2D eigenvalue weighted by atomic mass is 32.2. The number of nitrogens with zero attached hydrogens (tertiary/aromatic N) is 3. The van der Waals surface area contributed by atoms with Crippen LogP contribution in [0.3, 0.4) is 0 Å². The van der Waals surface area contributed by atoms with Crippen LogP contribution in [0.15, 0.2) is 88.9 Å². The molecular formula is C27H27N5O5S. The van der Waals surface area contributed by atoms with Gasteiger partial charge in [0.15, 0.2) is 11.6 Å². The van der Waals surface area contributed by atoms with Crippen LogP contribution in [0.1, 0.15) is 18.4 Å². The molecule has 0 unspecified atom stereocenters. The number of hydrogen-bond donors (Lipinski definition) is 3. The van der Waals surface area contributed by atoms with Gasteiger partial charge in [-0.05, 0) is 60.9 Å². The highest BCUT2D eigenvalue weighted by Crippen LogP contribution is 2.25. The molecule has 0 saturated carbocycles. The lowest BCUT2D eigenvalue weighted by Gasteiger charge is -2.31. The van der Waals surface area contributed by atoms with Gasteiger partial charge in [0, 0.05) is 42.3 Å². The summed E-state index contributed by atoms with van der Waals surface area (Å²) < 4.78 is 34.3. The zero-order valence-electron chi connectivity index (χ0n) is 20.4. The van der Waals surface area contributed by atoms with Gasteiger partial charge in [0.25, 0.3) is 10.0 Å². The van der Waals surface area contributed by atoms with Gasteiger partial charge in [-0.1, -0.05) is 12.1 Å². The molecule has 0 spiro atoms. The van der Waals surface area contributed by atoms with E-state index in [1.54, 1.807) is 60.8 Å². The van der Waals surface area contributed by atoms with E-state index in [1.165, 1.54) is 18.5 Å². The molecule has 0 amide bonds. The predicted octanol–water partition coefficient (Wildman–Crippen LogP) is 3.17. The molecule has 1 aliphatic heterocycles. The SMILES string of the molecule is O=c1cc(COc2cnc(-c3cccc(NS(=O)(=O)c4ccc(N5CCC(O)CC5)cc4)c3)nc2)cc[nH]1. The molecule has 11 heteroatoms. The molecule has 2 aromatic heterocycles. The number of aromatic nitrogens is 3. The van der Waals surface area contributed by atoms with Crippen LogP contribution < -0.4 is 19.9 Å². The van der Waals surface area contributed by atoms with Gasteiger partial charge >= 0.3 is 0 Å². The smallest absolute Gasteiger partial charge is 0.261 e. The van der Waals surface area contributed by atoms with Crippen molar-refractivity contribution in [2.75, 3.05) is 22.7 Å². The number of rotatable bonds is 8. The third kappa shape index (κ3) is 6.18. The van der Waals surface area contributed by atoms with E-state index in [1.807, 2.05) is 0 Å². The normalized spacial score (nSPS) is 14.3. The fourth-order valence-corrected chi connectivity index (χ4v) is 5.23. The zero-order chi connectivity index (χ0) is 26.5. The van der Waals surface area contributed by atoms with Gasteiger partial charge in [-0.3, -0.25) is 9.52 Å². The summed E-state index contributed by atoms with van der Waals surface area (Å²) >= 11 is 0. The largest absolute Gasteiger partial charge is 0.486 e. The molecule has 0 bridgehead atoms. The fraction of sp³-hybridized carbons (Fsp3) is 0.222. The predicted molar refractivity (Wildman–Crippen MR) is 144 cm³/mol. The first-order valence-electron chi connectivity index (χ1n) is 12.1. The van der Waals surface area contributed by atoms with Gasteiger partial charge in [-0.15, -0.1) is 0 Å². The number of ether oxygens (including phenoxy) is 1. The van der Waals surface area contributed by atoms with Gasteiger partial charge in [-0.25, -0.2) is 18.4 Å². The Bertz CT molecular complexity index is 1550. The Labute approximate surface area is 220 Å². The molecule has 5 rings (SSSR count). The summed E-state index contributed by atoms with van der Waals surface area (Å²) in [5.74, 6) is 0.848. The van der Waals surface area contributed by atoms with Crippen LogP contribution in [0.5, 0.6) is 5.75 Å². The molecule has 0 atom stereocenters. The fourth-order valence-electron chi connectivity index (χ4n) is 4.18. The van der Waals surface area contributed by atoms with Crippen LogP contribution in [0.25, 0.3) is 11.4 Å². The first kappa shape index (κ1) is 25.4. The molecule has 1 saturated heterocycles. The molecular weight excluding hydrogens is 506 g/mol. The molecule has 0 aliphatic carbocycles. The summed E-state index contributed by atoms with van der Waals surface area (Å²) in [7, 11) is -3.81. The van der Waals surface area contributed by atoms with Gasteiger partial charge in [0.05, 0.1) is 23.4 Å². The summed E-state index contributed by atoms with van der Waals surface area (Å²) in [5, 5.41) is 9.70. The average molecular weight is 534 g/mol. The van der Waals surface area contributed by atoms with Crippen LogP contribution in [0.4, 0.5) is 11.4 Å². The lowest BCUT2D eigenvalue weighted by Crippen LogP contribution is -2.35. The Morgan fingerprint density at radius 2 is 1.76 bits per heavy atom. The Morgan fingerprint density at radius 3 is 2.47 bits per heavy atom. The topological polar surface area (TPSA) is 138 Å². The Kier molecular flexibility index (Phi) is 7.38. The average Bonchev–Trinajstić information content (AvgIpc) is 2.93. The number of H-pyrrole nitrogens is 1. The van der Waals surface area contributed by atoms with E-state index in [2.05, 4.69) is 24.6 Å². The van der Waals surface area contributed by atoms with Crippen molar-refractivity contribution in [2.24, 2.45) is 0 Å². The second-order valence-corrected chi connectivity index (χ2v) is 10.7. The molecule has 1 fully saturated rings. The highest BCUT2D eigenvalue weighted by molar-refractivity contribution is 7.92. The van der Waals surface area contributed by atoms with Crippen LogP contribution in [-0.4, -0.2) is 47.7 Å². The monoisotopic (exact) mass is 533 g/mol. The number of benzene rings is 2. The molecule has 10 nitrogen and oxygen atoms in total. The number of pyridine rings is 1. The van der Waals surface area contributed by atoms with Crippen molar-refractivity contribution < 1.29 is 18.3 Å². The third-order valence-corrected chi connectivity index (χ3v) is 7.62. The van der Waals surface area contributed by atoms with Crippen molar-refractivity contribution in [3.8, 4) is 17.1 Å². The molecule has 0 radical (unpaired) electrons. The lowest BCUT2D eigenvalue weighted by atomic mass is 10.1. The molecule has 196 valence electrons. The number of hydrogen-bond acceptors (Lipinski definition) is 8. The highest BCUT2D eigenvalue weighted by Gasteiger charge is 2.19. The van der Waals surface area contributed by atoms with E-state index in [-0.39, 0.29) is 23.2 Å². The summed E-state index contributed by atoms with van der Waals surface area (Å²) in [6, 6.07) is 16.8. The molecule has 3 N–H and O–H groups in total. The van der Waals surface area contributed by atoms with E-state index >= 15 is 0 Å². The van der Waals surface area contributed by atoms with Crippen LogP contribution in [-0.2, 0) is 16.6 Å². The van der Waals surface area contributed by atoms with E-state index < -0.39 is 10.0 Å². The molecule has 4 aromatic rings. The number of sulfonamides is 1.